The van der Waals surface area contributed by atoms with Gasteiger partial charge in [0.25, 0.3) is 0 Å². The van der Waals surface area contributed by atoms with Gasteiger partial charge < -0.3 is 5.41 Å². The molecule has 0 bridgehead atoms. The highest BCUT2D eigenvalue weighted by atomic mass is 19.1. The highest BCUT2D eigenvalue weighted by Crippen LogP contribution is 1.81. The molecule has 0 unspecified atom stereocenters. The lowest BCUT2D eigenvalue weighted by Gasteiger charge is -1.65. The number of nitrogens with one attached hydrogen (secondary N) is 1. The minimum atomic E-state index is -0.727. The number of allylic oxidation sites excluding steroid dienone is 1. The van der Waals surface area contributed by atoms with Crippen LogP contribution >= 0.6 is 0 Å². The third kappa shape index (κ3) is 1.44. The Hall–Kier alpha value is -0.880. The van der Waals surface area contributed by atoms with Gasteiger partial charge >= 0.3 is 0 Å². The molecule has 0 aliphatic heterocycles. The van der Waals surface area contributed by atoms with Crippen molar-refractivity contribution in [1.29, 1.82) is 5.41 Å². The largest absolute Gasteiger partial charge is 0.305 e. The molecule has 2 heteroatoms. The van der Waals surface area contributed by atoms with Crippen LogP contribution in [0.4, 0.5) is 4.39 Å². The molecule has 0 saturated carbocycles. The maximum Gasteiger partial charge on any atom is 0.182 e. The fraction of sp³-hybridized carbons (Fsp3) is 0. The Morgan fingerprint density at radius 3 is 2.50 bits per heavy atom. The summed E-state index contributed by atoms with van der Waals surface area (Å²) in [5.41, 5.74) is 1.87. The Morgan fingerprint density at radius 2 is 2.50 bits per heavy atom. The number of hydrogen-bond acceptors (Lipinski definition) is 1. The minimum Gasteiger partial charge on any atom is -0.305 e. The van der Waals surface area contributed by atoms with E-state index in [-0.39, 0.29) is 0 Å². The van der Waals surface area contributed by atoms with Crippen LogP contribution in [0.5, 0.6) is 0 Å². The number of rotatable bonds is 1. The van der Waals surface area contributed by atoms with E-state index in [9.17, 15) is 4.39 Å². The number of hydrogen-bond donors (Lipinski definition) is 1. The summed E-state index contributed by atoms with van der Waals surface area (Å²) >= 11 is 0. The van der Waals surface area contributed by atoms with Gasteiger partial charge in [0, 0.05) is 0 Å². The molecule has 1 nitrogen and oxygen atoms in total. The molecule has 0 aliphatic carbocycles. The van der Waals surface area contributed by atoms with Crippen molar-refractivity contribution in [2.75, 3.05) is 0 Å². The lowest BCUT2D eigenvalue weighted by atomic mass is 10.6. The predicted molar refractivity (Wildman–Crippen MR) is 22.5 cm³/mol. The van der Waals surface area contributed by atoms with Crippen molar-refractivity contribution in [2.45, 2.75) is 0 Å². The van der Waals surface area contributed by atoms with Crippen LogP contribution in [0.15, 0.2) is 18.1 Å². The van der Waals surface area contributed by atoms with Gasteiger partial charge in [0.05, 0.1) is 6.21 Å². The minimum absolute atomic E-state index is 0.549. The molecule has 0 atom stereocenters. The second-order valence-corrected chi connectivity index (χ2v) is 0.669. The second kappa shape index (κ2) is 2.36. The quantitative estimate of drug-likeness (QED) is 0.366. The Balaban J connectivity index is 3.86. The maximum absolute atomic E-state index is 11.4. The molecule has 0 radical (unpaired) electrons. The van der Waals surface area contributed by atoms with Crippen molar-refractivity contribution in [2.24, 2.45) is 0 Å². The average Bonchev–Trinajstić information content (AvgIpc) is 1.65. The van der Waals surface area contributed by atoms with Crippen molar-refractivity contribution in [1.82, 2.24) is 0 Å². The molecule has 6 heavy (non-hydrogen) atoms. The Labute approximate surface area is 35.3 Å². The van der Waals surface area contributed by atoms with Crippen LogP contribution in [-0.4, -0.2) is 6.21 Å². The van der Waals surface area contributed by atoms with Gasteiger partial charge in [-0.25, -0.2) is 0 Å². The molecule has 0 rings (SSSR count). The zero-order valence-corrected chi connectivity index (χ0v) is 3.16. The molecule has 0 heterocycles. The van der Waals surface area contributed by atoms with Gasteiger partial charge in [0.1, 0.15) is 0 Å². The summed E-state index contributed by atoms with van der Waals surface area (Å²) in [5.74, 6) is -0.727. The van der Waals surface area contributed by atoms with Crippen molar-refractivity contribution in [3.05, 3.63) is 18.1 Å². The summed E-state index contributed by atoms with van der Waals surface area (Å²) in [4.78, 5) is 0. The van der Waals surface area contributed by atoms with Crippen LogP contribution in [0.2, 0.25) is 0 Å². The lowest BCUT2D eigenvalue weighted by molar-refractivity contribution is 0.688. The van der Waals surface area contributed by atoms with E-state index in [1.165, 1.54) is 0 Å². The first-order valence-electron chi connectivity index (χ1n) is 1.37. The van der Waals surface area contributed by atoms with Gasteiger partial charge in [-0.3, -0.25) is 0 Å². The monoisotopic (exact) mass is 85.0 g/mol. The van der Waals surface area contributed by atoms with E-state index < -0.39 is 5.83 Å². The maximum atomic E-state index is 11.4. The van der Waals surface area contributed by atoms with E-state index in [1.54, 1.807) is 0 Å². The number of halogens is 1. The molecule has 0 aliphatic rings. The summed E-state index contributed by atoms with van der Waals surface area (Å²) in [6.45, 7) is 2.94. The summed E-state index contributed by atoms with van der Waals surface area (Å²) in [6.07, 6.45) is 0.549. The second-order valence-electron chi connectivity index (χ2n) is 0.669. The predicted octanol–water partition coefficient (Wildman–Crippen LogP) is 1.27. The van der Waals surface area contributed by atoms with E-state index in [4.69, 9.17) is 5.41 Å². The molecule has 0 spiro atoms. The van der Waals surface area contributed by atoms with Crippen molar-refractivity contribution in [3.63, 3.8) is 0 Å². The Kier molecular flexibility index (Phi) is 2.02. The van der Waals surface area contributed by atoms with Gasteiger partial charge in [0.2, 0.25) is 0 Å². The Morgan fingerprint density at radius 1 is 2.00 bits per heavy atom. The highest BCUT2D eigenvalue weighted by Gasteiger charge is 1.73. The summed E-state index contributed by atoms with van der Waals surface area (Å²) in [7, 11) is 0. The summed E-state index contributed by atoms with van der Waals surface area (Å²) in [5, 5.41) is 6.17. The van der Waals surface area contributed by atoms with Crippen LogP contribution < -0.4 is 0 Å². The molecule has 0 saturated heterocycles. The molecular formula is C4H4FN. The van der Waals surface area contributed by atoms with Crippen molar-refractivity contribution in [3.8, 4) is 0 Å². The summed E-state index contributed by atoms with van der Waals surface area (Å²) < 4.78 is 11.4. The highest BCUT2D eigenvalue weighted by molar-refractivity contribution is 5.71. The molecule has 0 amide bonds. The zero-order valence-electron chi connectivity index (χ0n) is 3.16. The molecule has 1 N–H and O–H groups in total. The molecular weight excluding hydrogens is 81.0 g/mol. The molecule has 32 valence electrons. The normalized spacial score (nSPS) is 6.17. The third-order valence-corrected chi connectivity index (χ3v) is 0.296. The first-order chi connectivity index (χ1) is 2.81. The van der Waals surface area contributed by atoms with Gasteiger partial charge in [-0.2, -0.15) is 4.39 Å². The fourth-order valence-corrected chi connectivity index (χ4v) is 0.0510. The van der Waals surface area contributed by atoms with Crippen LogP contribution in [0.1, 0.15) is 0 Å². The zero-order chi connectivity index (χ0) is 4.99. The molecule has 0 aromatic rings. The first-order valence-corrected chi connectivity index (χ1v) is 1.37. The van der Waals surface area contributed by atoms with E-state index in [0.29, 0.717) is 6.21 Å². The van der Waals surface area contributed by atoms with E-state index in [0.717, 1.165) is 0 Å². The van der Waals surface area contributed by atoms with Gasteiger partial charge in [0.15, 0.2) is 5.83 Å². The van der Waals surface area contributed by atoms with Crippen LogP contribution in [0, 0.1) is 5.41 Å². The first kappa shape index (κ1) is 5.12. The SMILES string of the molecule is C=C=C(F)C=N. The topological polar surface area (TPSA) is 23.9 Å². The van der Waals surface area contributed by atoms with Crippen molar-refractivity contribution >= 4 is 6.21 Å². The smallest absolute Gasteiger partial charge is 0.182 e. The van der Waals surface area contributed by atoms with Gasteiger partial charge in [-0.05, 0) is 0 Å². The van der Waals surface area contributed by atoms with Crippen molar-refractivity contribution < 1.29 is 4.39 Å². The molecule has 0 aromatic carbocycles. The van der Waals surface area contributed by atoms with E-state index in [2.05, 4.69) is 6.58 Å². The van der Waals surface area contributed by atoms with Gasteiger partial charge in [-0.15, -0.1) is 0 Å². The molecule has 0 fully saturated rings. The fourth-order valence-electron chi connectivity index (χ4n) is 0.0510. The third-order valence-electron chi connectivity index (χ3n) is 0.296. The average molecular weight is 85.1 g/mol. The Bertz CT molecular complexity index is 100. The van der Waals surface area contributed by atoms with E-state index >= 15 is 0 Å². The standard InChI is InChI=1S/C4H4FN/c1-2-4(5)3-6/h3,6H,1H2. The van der Waals surface area contributed by atoms with Crippen LogP contribution in [-0.2, 0) is 0 Å². The van der Waals surface area contributed by atoms with Gasteiger partial charge in [-0.1, -0.05) is 12.3 Å². The lowest BCUT2D eigenvalue weighted by Crippen LogP contribution is -1.62. The summed E-state index contributed by atoms with van der Waals surface area (Å²) in [6, 6.07) is 0. The van der Waals surface area contributed by atoms with Crippen LogP contribution in [0.25, 0.3) is 0 Å². The van der Waals surface area contributed by atoms with Crippen LogP contribution in [0.3, 0.4) is 0 Å². The molecule has 0 aromatic heterocycles. The van der Waals surface area contributed by atoms with E-state index in [1.807, 2.05) is 5.73 Å².